The molecule has 1 fully saturated rings. The van der Waals surface area contributed by atoms with Crippen LogP contribution in [0, 0.1) is 11.8 Å². The monoisotopic (exact) mass is 402 g/mol. The van der Waals surface area contributed by atoms with Crippen molar-refractivity contribution in [1.82, 2.24) is 0 Å². The highest BCUT2D eigenvalue weighted by atomic mass is 19.4. The lowest BCUT2D eigenvalue weighted by Gasteiger charge is -2.43. The summed E-state index contributed by atoms with van der Waals surface area (Å²) in [6.07, 6.45) is -2.80. The van der Waals surface area contributed by atoms with Crippen molar-refractivity contribution in [2.75, 3.05) is 0 Å². The summed E-state index contributed by atoms with van der Waals surface area (Å²) in [6.45, 7) is 2.10. The van der Waals surface area contributed by atoms with Gasteiger partial charge in [-0.1, -0.05) is 62.9 Å². The number of ether oxygens (including phenoxy) is 1. The fourth-order valence-electron chi connectivity index (χ4n) is 4.85. The van der Waals surface area contributed by atoms with Crippen molar-refractivity contribution >= 4 is 5.57 Å². The minimum Gasteiger partial charge on any atom is -0.407 e. The molecule has 156 valence electrons. The van der Waals surface area contributed by atoms with E-state index in [1.54, 1.807) is 30.3 Å². The van der Waals surface area contributed by atoms with Crippen molar-refractivity contribution in [2.45, 2.75) is 76.5 Å². The standard InChI is InChI=1S/C22H27F5O/c1-2-6-15-9-11-17(12-10-15)21(24)14-13-18(16-7-4-3-5-8-16)19(20(21)23)28-22(25,26)27/h3-5,7-8,15,17,20H,2,6,9-14H2,1H3. The zero-order valence-electron chi connectivity index (χ0n) is 16.1. The minimum atomic E-state index is -5.06. The highest BCUT2D eigenvalue weighted by Crippen LogP contribution is 2.51. The Bertz CT molecular complexity index is 676. The predicted octanol–water partition coefficient (Wildman–Crippen LogP) is 7.38. The van der Waals surface area contributed by atoms with Crippen LogP contribution in [0.3, 0.4) is 0 Å². The first-order valence-electron chi connectivity index (χ1n) is 10.1. The quantitative estimate of drug-likeness (QED) is 0.467. The van der Waals surface area contributed by atoms with Gasteiger partial charge in [-0.05, 0) is 43.1 Å². The van der Waals surface area contributed by atoms with Crippen LogP contribution in [-0.4, -0.2) is 18.2 Å². The fraction of sp³-hybridized carbons (Fsp3) is 0.636. The minimum absolute atomic E-state index is 0.0290. The maximum absolute atomic E-state index is 15.8. The Hall–Kier alpha value is -1.59. The van der Waals surface area contributed by atoms with Gasteiger partial charge in [0.25, 0.3) is 0 Å². The van der Waals surface area contributed by atoms with E-state index in [4.69, 9.17) is 0 Å². The third kappa shape index (κ3) is 4.52. The Morgan fingerprint density at radius 1 is 1.07 bits per heavy atom. The summed E-state index contributed by atoms with van der Waals surface area (Å²) in [5.74, 6) is -0.962. The molecule has 0 amide bonds. The average Bonchev–Trinajstić information content (AvgIpc) is 2.66. The number of alkyl halides is 5. The number of allylic oxidation sites excluding steroid dienone is 2. The molecular weight excluding hydrogens is 375 g/mol. The van der Waals surface area contributed by atoms with E-state index >= 15 is 8.78 Å². The maximum Gasteiger partial charge on any atom is 0.572 e. The normalized spacial score (nSPS) is 31.7. The van der Waals surface area contributed by atoms with Gasteiger partial charge >= 0.3 is 6.36 Å². The van der Waals surface area contributed by atoms with E-state index < -0.39 is 29.9 Å². The van der Waals surface area contributed by atoms with Crippen molar-refractivity contribution in [3.05, 3.63) is 41.7 Å². The molecule has 0 bridgehead atoms. The van der Waals surface area contributed by atoms with Gasteiger partial charge in [0.1, 0.15) is 5.76 Å². The molecule has 1 nitrogen and oxygen atoms in total. The third-order valence-electron chi connectivity index (χ3n) is 6.28. The van der Waals surface area contributed by atoms with Crippen LogP contribution in [-0.2, 0) is 4.74 Å². The van der Waals surface area contributed by atoms with Gasteiger partial charge in [-0.2, -0.15) is 0 Å². The molecule has 28 heavy (non-hydrogen) atoms. The summed E-state index contributed by atoms with van der Waals surface area (Å²) < 4.78 is 74.2. The van der Waals surface area contributed by atoms with Gasteiger partial charge in [0.15, 0.2) is 11.8 Å². The van der Waals surface area contributed by atoms with Crippen molar-refractivity contribution in [3.63, 3.8) is 0 Å². The molecule has 0 spiro atoms. The first-order chi connectivity index (χ1) is 13.2. The second-order valence-corrected chi connectivity index (χ2v) is 8.05. The zero-order chi connectivity index (χ0) is 20.4. The van der Waals surface area contributed by atoms with Crippen LogP contribution >= 0.6 is 0 Å². The van der Waals surface area contributed by atoms with E-state index in [-0.39, 0.29) is 18.4 Å². The molecule has 0 heterocycles. The molecule has 6 heteroatoms. The summed E-state index contributed by atoms with van der Waals surface area (Å²) >= 11 is 0. The van der Waals surface area contributed by atoms with Crippen LogP contribution in [0.15, 0.2) is 36.1 Å². The second-order valence-electron chi connectivity index (χ2n) is 8.05. The van der Waals surface area contributed by atoms with E-state index in [1.165, 1.54) is 0 Å². The van der Waals surface area contributed by atoms with Crippen molar-refractivity contribution in [1.29, 1.82) is 0 Å². The van der Waals surface area contributed by atoms with E-state index in [2.05, 4.69) is 11.7 Å². The van der Waals surface area contributed by atoms with Crippen molar-refractivity contribution in [2.24, 2.45) is 11.8 Å². The topological polar surface area (TPSA) is 9.23 Å². The van der Waals surface area contributed by atoms with Gasteiger partial charge in [0, 0.05) is 5.57 Å². The smallest absolute Gasteiger partial charge is 0.407 e. The Kier molecular flexibility index (Phi) is 6.35. The molecule has 0 saturated heterocycles. The maximum atomic E-state index is 15.8. The van der Waals surface area contributed by atoms with Crippen LogP contribution in [0.2, 0.25) is 0 Å². The second kappa shape index (κ2) is 8.42. The predicted molar refractivity (Wildman–Crippen MR) is 98.8 cm³/mol. The highest BCUT2D eigenvalue weighted by molar-refractivity contribution is 5.69. The molecule has 3 rings (SSSR count). The number of halogens is 5. The van der Waals surface area contributed by atoms with Gasteiger partial charge in [-0.3, -0.25) is 0 Å². The van der Waals surface area contributed by atoms with E-state index in [9.17, 15) is 13.2 Å². The van der Waals surface area contributed by atoms with Gasteiger partial charge in [0.2, 0.25) is 0 Å². The number of benzene rings is 1. The fourth-order valence-corrected chi connectivity index (χ4v) is 4.85. The van der Waals surface area contributed by atoms with Gasteiger partial charge in [-0.15, -0.1) is 13.2 Å². The van der Waals surface area contributed by atoms with Crippen LogP contribution in [0.4, 0.5) is 22.0 Å². The van der Waals surface area contributed by atoms with Gasteiger partial charge in [-0.25, -0.2) is 8.78 Å². The third-order valence-corrected chi connectivity index (χ3v) is 6.28. The molecule has 1 aromatic rings. The van der Waals surface area contributed by atoms with Crippen molar-refractivity contribution < 1.29 is 26.7 Å². The summed E-state index contributed by atoms with van der Waals surface area (Å²) in [6, 6.07) is 8.24. The number of hydrogen-bond acceptors (Lipinski definition) is 1. The van der Waals surface area contributed by atoms with E-state index in [0.29, 0.717) is 24.3 Å². The Morgan fingerprint density at radius 3 is 2.29 bits per heavy atom. The molecule has 0 aromatic heterocycles. The first kappa shape index (κ1) is 21.1. The van der Waals surface area contributed by atoms with Crippen molar-refractivity contribution in [3.8, 4) is 0 Å². The molecule has 2 atom stereocenters. The van der Waals surface area contributed by atoms with Gasteiger partial charge < -0.3 is 4.74 Å². The molecule has 0 radical (unpaired) electrons. The Morgan fingerprint density at radius 2 is 1.71 bits per heavy atom. The summed E-state index contributed by atoms with van der Waals surface area (Å²) in [4.78, 5) is 0. The molecule has 1 aromatic carbocycles. The molecule has 2 unspecified atom stereocenters. The van der Waals surface area contributed by atoms with E-state index in [0.717, 1.165) is 25.7 Å². The number of hydrogen-bond donors (Lipinski definition) is 0. The Labute approximate surface area is 163 Å². The van der Waals surface area contributed by atoms with Crippen LogP contribution in [0.5, 0.6) is 0 Å². The zero-order valence-corrected chi connectivity index (χ0v) is 16.1. The summed E-state index contributed by atoms with van der Waals surface area (Å²) in [5, 5.41) is 0. The lowest BCUT2D eigenvalue weighted by Crippen LogP contribution is -2.48. The first-order valence-corrected chi connectivity index (χ1v) is 10.1. The lowest BCUT2D eigenvalue weighted by molar-refractivity contribution is -0.311. The van der Waals surface area contributed by atoms with Crippen LogP contribution in [0.25, 0.3) is 5.57 Å². The summed E-state index contributed by atoms with van der Waals surface area (Å²) in [7, 11) is 0. The van der Waals surface area contributed by atoms with Gasteiger partial charge in [0.05, 0.1) is 0 Å². The van der Waals surface area contributed by atoms with E-state index in [1.807, 2.05) is 0 Å². The molecule has 0 aliphatic heterocycles. The SMILES string of the molecule is CCCC1CCC(C2(F)CCC(c3ccccc3)=C(OC(F)(F)F)C2F)CC1. The molecule has 2 aliphatic carbocycles. The largest absolute Gasteiger partial charge is 0.572 e. The Balaban J connectivity index is 1.88. The lowest BCUT2D eigenvalue weighted by atomic mass is 9.67. The summed E-state index contributed by atoms with van der Waals surface area (Å²) in [5.41, 5.74) is -1.76. The van der Waals surface area contributed by atoms with Crippen LogP contribution < -0.4 is 0 Å². The highest BCUT2D eigenvalue weighted by Gasteiger charge is 2.54. The van der Waals surface area contributed by atoms with Crippen LogP contribution in [0.1, 0.15) is 63.9 Å². The number of rotatable bonds is 5. The molecular formula is C22H27F5O. The molecule has 2 aliphatic rings. The average molecular weight is 402 g/mol. The molecule has 1 saturated carbocycles. The molecule has 0 N–H and O–H groups in total.